The molecule has 2 amide bonds. The molecule has 0 aliphatic carbocycles. The molecule has 0 radical (unpaired) electrons. The van der Waals surface area contributed by atoms with Gasteiger partial charge in [0.25, 0.3) is 0 Å². The van der Waals surface area contributed by atoms with Gasteiger partial charge in [0.05, 0.1) is 6.54 Å². The number of carbonyl (C=O) groups excluding carboxylic acids is 2. The first-order chi connectivity index (χ1) is 9.11. The van der Waals surface area contributed by atoms with Crippen molar-refractivity contribution >= 4 is 11.8 Å². The molecule has 1 N–H and O–H groups in total. The first-order valence-electron chi connectivity index (χ1n) is 6.47. The van der Waals surface area contributed by atoms with Crippen LogP contribution in [0.15, 0.2) is 10.9 Å². The number of carbonyl (C=O) groups is 2. The monoisotopic (exact) mass is 266 g/mol. The summed E-state index contributed by atoms with van der Waals surface area (Å²) >= 11 is 0. The lowest BCUT2D eigenvalue weighted by atomic mass is 9.89. The molecule has 0 saturated carbocycles. The van der Waals surface area contributed by atoms with E-state index in [9.17, 15) is 9.59 Å². The lowest BCUT2D eigenvalue weighted by Gasteiger charge is -2.41. The van der Waals surface area contributed by atoms with E-state index in [0.717, 1.165) is 0 Å². The van der Waals surface area contributed by atoms with E-state index in [1.165, 1.54) is 6.33 Å². The molecule has 1 aliphatic heterocycles. The van der Waals surface area contributed by atoms with Crippen LogP contribution in [0.3, 0.4) is 0 Å². The number of hydrogen-bond acceptors (Lipinski definition) is 5. The van der Waals surface area contributed by atoms with Crippen LogP contribution in [-0.4, -0.2) is 45.5 Å². The molecule has 0 spiro atoms. The van der Waals surface area contributed by atoms with Crippen molar-refractivity contribution in [2.24, 2.45) is 0 Å². The van der Waals surface area contributed by atoms with Crippen molar-refractivity contribution in [3.05, 3.63) is 12.2 Å². The summed E-state index contributed by atoms with van der Waals surface area (Å²) < 4.78 is 4.89. The van der Waals surface area contributed by atoms with Gasteiger partial charge in [-0.25, -0.2) is 0 Å². The third-order valence-electron chi connectivity index (χ3n) is 3.62. The Morgan fingerprint density at radius 2 is 2.16 bits per heavy atom. The van der Waals surface area contributed by atoms with Crippen LogP contribution in [-0.2, 0) is 16.0 Å². The summed E-state index contributed by atoms with van der Waals surface area (Å²) in [5.74, 6) is 0.322. The Kier molecular flexibility index (Phi) is 3.82. The zero-order valence-corrected chi connectivity index (χ0v) is 11.2. The summed E-state index contributed by atoms with van der Waals surface area (Å²) in [4.78, 5) is 29.7. The predicted molar refractivity (Wildman–Crippen MR) is 66.0 cm³/mol. The number of nitrogens with one attached hydrogen (secondary N) is 1. The van der Waals surface area contributed by atoms with Gasteiger partial charge in [0.2, 0.25) is 17.7 Å². The van der Waals surface area contributed by atoms with E-state index >= 15 is 0 Å². The number of piperazine rings is 1. The summed E-state index contributed by atoms with van der Waals surface area (Å²) in [6.45, 7) is 4.32. The van der Waals surface area contributed by atoms with Crippen molar-refractivity contribution in [1.29, 1.82) is 0 Å². The summed E-state index contributed by atoms with van der Waals surface area (Å²) in [5.41, 5.74) is -0.760. The average Bonchev–Trinajstić information content (AvgIpc) is 2.92. The number of nitrogens with zero attached hydrogens (tertiary/aromatic N) is 3. The van der Waals surface area contributed by atoms with Gasteiger partial charge in [-0.3, -0.25) is 9.59 Å². The second-order valence-electron chi connectivity index (χ2n) is 4.65. The smallest absolute Gasteiger partial charge is 0.248 e. The molecule has 104 valence electrons. The fourth-order valence-electron chi connectivity index (χ4n) is 2.35. The van der Waals surface area contributed by atoms with Crippen molar-refractivity contribution in [2.75, 3.05) is 13.1 Å². The average molecular weight is 266 g/mol. The molecule has 7 nitrogen and oxygen atoms in total. The van der Waals surface area contributed by atoms with Crippen LogP contribution in [0.25, 0.3) is 0 Å². The molecule has 1 aromatic heterocycles. The molecule has 2 rings (SSSR count). The molecule has 1 fully saturated rings. The van der Waals surface area contributed by atoms with E-state index in [0.29, 0.717) is 31.7 Å². The first-order valence-corrected chi connectivity index (χ1v) is 6.47. The van der Waals surface area contributed by atoms with Crippen molar-refractivity contribution < 1.29 is 14.1 Å². The number of amides is 2. The molecule has 0 unspecified atom stereocenters. The van der Waals surface area contributed by atoms with Crippen molar-refractivity contribution in [3.8, 4) is 0 Å². The van der Waals surface area contributed by atoms with Gasteiger partial charge in [0.15, 0.2) is 6.33 Å². The lowest BCUT2D eigenvalue weighted by Crippen LogP contribution is -2.66. The van der Waals surface area contributed by atoms with Gasteiger partial charge < -0.3 is 14.7 Å². The minimum atomic E-state index is -0.760. The van der Waals surface area contributed by atoms with Gasteiger partial charge in [0, 0.05) is 13.0 Å². The molecular weight excluding hydrogens is 248 g/mol. The van der Waals surface area contributed by atoms with Crippen molar-refractivity contribution in [3.63, 3.8) is 0 Å². The zero-order chi connectivity index (χ0) is 13.9. The maximum atomic E-state index is 12.5. The third kappa shape index (κ3) is 2.59. The summed E-state index contributed by atoms with van der Waals surface area (Å²) in [6.07, 6.45) is 2.96. The summed E-state index contributed by atoms with van der Waals surface area (Å²) in [6, 6.07) is 0. The molecular formula is C12H18N4O3. The summed E-state index contributed by atoms with van der Waals surface area (Å²) in [7, 11) is 0. The van der Waals surface area contributed by atoms with Crippen LogP contribution in [0, 0.1) is 0 Å². The van der Waals surface area contributed by atoms with E-state index in [2.05, 4.69) is 15.5 Å². The van der Waals surface area contributed by atoms with Gasteiger partial charge in [-0.1, -0.05) is 19.0 Å². The first kappa shape index (κ1) is 13.5. The molecule has 1 saturated heterocycles. The number of hydrogen-bond donors (Lipinski definition) is 1. The highest BCUT2D eigenvalue weighted by molar-refractivity contribution is 5.97. The van der Waals surface area contributed by atoms with Crippen LogP contribution in [0.2, 0.25) is 0 Å². The standard InChI is InChI=1S/C12H18N4O3/c1-3-12(4-2)11(18)16(7-9(17)15-12)6-5-10-13-8-14-19-10/h8H,3-7H2,1-2H3,(H,15,17). The predicted octanol–water partition coefficient (Wildman–Crippen LogP) is 0.129. The van der Waals surface area contributed by atoms with Gasteiger partial charge in [0.1, 0.15) is 5.54 Å². The molecule has 0 atom stereocenters. The van der Waals surface area contributed by atoms with E-state index < -0.39 is 5.54 Å². The Hall–Kier alpha value is -1.92. The molecule has 1 aliphatic rings. The fraction of sp³-hybridized carbons (Fsp3) is 0.667. The van der Waals surface area contributed by atoms with Crippen molar-refractivity contribution in [1.82, 2.24) is 20.4 Å². The Morgan fingerprint density at radius 3 is 2.74 bits per heavy atom. The largest absolute Gasteiger partial charge is 0.340 e. The van der Waals surface area contributed by atoms with Crippen LogP contribution in [0.4, 0.5) is 0 Å². The second kappa shape index (κ2) is 5.38. The Bertz CT molecular complexity index is 454. The Labute approximate surface area is 111 Å². The maximum absolute atomic E-state index is 12.5. The third-order valence-corrected chi connectivity index (χ3v) is 3.62. The Morgan fingerprint density at radius 1 is 1.42 bits per heavy atom. The maximum Gasteiger partial charge on any atom is 0.248 e. The number of rotatable bonds is 5. The van der Waals surface area contributed by atoms with Crippen molar-refractivity contribution in [2.45, 2.75) is 38.6 Å². The topological polar surface area (TPSA) is 88.3 Å². The van der Waals surface area contributed by atoms with E-state index in [1.807, 2.05) is 13.8 Å². The highest BCUT2D eigenvalue weighted by Gasteiger charge is 2.43. The van der Waals surface area contributed by atoms with Gasteiger partial charge in [-0.05, 0) is 12.8 Å². The zero-order valence-electron chi connectivity index (χ0n) is 11.2. The molecule has 0 bridgehead atoms. The number of aromatic nitrogens is 2. The SMILES string of the molecule is CCC1(CC)NC(=O)CN(CCc2ncno2)C1=O. The minimum absolute atomic E-state index is 0.0309. The van der Waals surface area contributed by atoms with Crippen LogP contribution >= 0.6 is 0 Å². The molecule has 2 heterocycles. The fourth-order valence-corrected chi connectivity index (χ4v) is 2.35. The van der Waals surface area contributed by atoms with Crippen LogP contribution < -0.4 is 5.32 Å². The lowest BCUT2D eigenvalue weighted by molar-refractivity contribution is -0.150. The molecule has 1 aromatic rings. The van der Waals surface area contributed by atoms with Crippen LogP contribution in [0.1, 0.15) is 32.6 Å². The molecule has 7 heteroatoms. The van der Waals surface area contributed by atoms with E-state index in [1.54, 1.807) is 4.90 Å². The molecule has 19 heavy (non-hydrogen) atoms. The minimum Gasteiger partial charge on any atom is -0.340 e. The summed E-state index contributed by atoms with van der Waals surface area (Å²) in [5, 5.41) is 6.33. The highest BCUT2D eigenvalue weighted by Crippen LogP contribution is 2.22. The Balaban J connectivity index is 2.07. The van der Waals surface area contributed by atoms with E-state index in [-0.39, 0.29) is 18.4 Å². The van der Waals surface area contributed by atoms with Crippen LogP contribution in [0.5, 0.6) is 0 Å². The van der Waals surface area contributed by atoms with E-state index in [4.69, 9.17) is 4.52 Å². The second-order valence-corrected chi connectivity index (χ2v) is 4.65. The quantitative estimate of drug-likeness (QED) is 0.818. The van der Waals surface area contributed by atoms with Gasteiger partial charge in [-0.2, -0.15) is 4.98 Å². The normalized spacial score (nSPS) is 18.5. The van der Waals surface area contributed by atoms with Gasteiger partial charge in [-0.15, -0.1) is 0 Å². The molecule has 0 aromatic carbocycles. The highest BCUT2D eigenvalue weighted by atomic mass is 16.5. The van der Waals surface area contributed by atoms with Gasteiger partial charge >= 0.3 is 0 Å².